The number of unbranched alkanes of at least 4 members (excludes halogenated alkanes) is 5. The number of nitrogens with zero attached hydrogens (tertiary/aromatic N) is 5. The van der Waals surface area contributed by atoms with Crippen molar-refractivity contribution in [3.05, 3.63) is 112 Å². The van der Waals surface area contributed by atoms with E-state index in [1.807, 2.05) is 88.4 Å². The normalized spacial score (nSPS) is 15.6. The zero-order valence-corrected chi connectivity index (χ0v) is 45.1. The standard InChI is InChI=1S/C58H74FN9O5S/c1-36-28-40(29-37(2)51(36)52-53(67(8)34-63-52)46-24-27-61-47-30-43(59)22-23-45(46)47)32-60-25-15-17-49(70)62-26-14-12-10-9-11-13-16-50(71)66-55(58(5,6)7)57(73)68-33-44(69)31-48(68)56(72)65-38(3)41-18-20-42(21-19-41)54-39(4)64-35-74-54/h18-24,27-30,34-35,38,44,48,55,60,69H,9-17,25-26,31-33H2,1-8H3,(H,62,70)(H,65,72)(H,66,71)/t38-,44+,48-,55-/m1/s1. The highest BCUT2D eigenvalue weighted by atomic mass is 32.1. The molecule has 74 heavy (non-hydrogen) atoms. The minimum atomic E-state index is -0.870. The number of thiazole rings is 1. The van der Waals surface area contributed by atoms with Gasteiger partial charge < -0.3 is 35.8 Å². The van der Waals surface area contributed by atoms with E-state index in [1.54, 1.807) is 23.6 Å². The minimum absolute atomic E-state index is 0.0194. The molecule has 1 fully saturated rings. The number of imidazole rings is 1. The molecule has 5 N–H and O–H groups in total. The van der Waals surface area contributed by atoms with Crippen LogP contribution >= 0.6 is 11.3 Å². The maximum atomic E-state index is 14.1. The van der Waals surface area contributed by atoms with Crippen LogP contribution in [0.4, 0.5) is 4.39 Å². The van der Waals surface area contributed by atoms with Crippen LogP contribution in [0.3, 0.4) is 0 Å². The van der Waals surface area contributed by atoms with E-state index in [-0.39, 0.29) is 54.9 Å². The van der Waals surface area contributed by atoms with Gasteiger partial charge in [0, 0.05) is 74.7 Å². The van der Waals surface area contributed by atoms with Gasteiger partial charge in [0.2, 0.25) is 23.6 Å². The number of aliphatic hydroxyl groups excluding tert-OH is 1. The van der Waals surface area contributed by atoms with Crippen LogP contribution in [0.5, 0.6) is 0 Å². The Hall–Kier alpha value is -6.36. The zero-order chi connectivity index (χ0) is 53.1. The molecule has 7 rings (SSSR count). The Balaban J connectivity index is 0.758. The largest absolute Gasteiger partial charge is 0.391 e. The lowest BCUT2D eigenvalue weighted by Crippen LogP contribution is -2.57. The molecule has 16 heteroatoms. The summed E-state index contributed by atoms with van der Waals surface area (Å²) >= 11 is 1.58. The van der Waals surface area contributed by atoms with Gasteiger partial charge in [-0.2, -0.15) is 0 Å². The summed E-state index contributed by atoms with van der Waals surface area (Å²) in [6.45, 7) is 15.8. The molecule has 3 aromatic carbocycles. The van der Waals surface area contributed by atoms with Crippen molar-refractivity contribution in [1.29, 1.82) is 0 Å². The predicted molar refractivity (Wildman–Crippen MR) is 291 cm³/mol. The second kappa shape index (κ2) is 25.2. The maximum absolute atomic E-state index is 14.1. The van der Waals surface area contributed by atoms with Crippen LogP contribution in [0.15, 0.2) is 78.7 Å². The van der Waals surface area contributed by atoms with Crippen molar-refractivity contribution < 1.29 is 28.7 Å². The third-order valence-electron chi connectivity index (χ3n) is 14.0. The molecule has 6 aromatic rings. The summed E-state index contributed by atoms with van der Waals surface area (Å²) in [7, 11) is 1.97. The van der Waals surface area contributed by atoms with Gasteiger partial charge in [-0.3, -0.25) is 24.2 Å². The van der Waals surface area contributed by atoms with Gasteiger partial charge >= 0.3 is 0 Å². The molecule has 0 spiro atoms. The number of fused-ring (bicyclic) bond motifs is 1. The van der Waals surface area contributed by atoms with Gasteiger partial charge in [0.25, 0.3) is 0 Å². The fourth-order valence-corrected chi connectivity index (χ4v) is 10.9. The SMILES string of the molecule is Cc1cc(CNCCCC(=O)NCCCCCCCCC(=O)N[C@H](C(=O)N2C[C@@H](O)C[C@@H]2C(=O)N[C@H](C)c2ccc(-c3scnc3C)cc2)C(C)(C)C)cc(C)c1-c1ncn(C)c1-c1ccnc2cc(F)ccc12. The molecule has 0 bridgehead atoms. The number of aryl methyl sites for hydroxylation is 4. The molecular weight excluding hydrogens is 954 g/mol. The van der Waals surface area contributed by atoms with E-state index in [1.165, 1.54) is 17.0 Å². The first-order valence-electron chi connectivity index (χ1n) is 26.1. The van der Waals surface area contributed by atoms with Gasteiger partial charge in [-0.05, 0) is 105 Å². The first kappa shape index (κ1) is 55.4. The number of hydrogen-bond acceptors (Lipinski definition) is 10. The minimum Gasteiger partial charge on any atom is -0.391 e. The van der Waals surface area contributed by atoms with Gasteiger partial charge in [-0.15, -0.1) is 11.3 Å². The van der Waals surface area contributed by atoms with E-state index >= 15 is 0 Å². The van der Waals surface area contributed by atoms with Gasteiger partial charge in [-0.25, -0.2) is 14.4 Å². The number of aliphatic hydroxyl groups is 1. The van der Waals surface area contributed by atoms with Crippen molar-refractivity contribution >= 4 is 45.9 Å². The molecule has 0 saturated carbocycles. The summed E-state index contributed by atoms with van der Waals surface area (Å²) in [5.41, 5.74) is 11.9. The first-order valence-corrected chi connectivity index (χ1v) is 27.0. The number of likely N-dealkylation sites (tertiary alicyclic amines) is 1. The van der Waals surface area contributed by atoms with Crippen LogP contribution in [-0.4, -0.2) is 91.0 Å². The molecule has 4 atom stereocenters. The van der Waals surface area contributed by atoms with E-state index in [9.17, 15) is 28.7 Å². The monoisotopic (exact) mass is 1030 g/mol. The number of carbonyl (C=O) groups excluding carboxylic acids is 4. The number of pyridine rings is 1. The van der Waals surface area contributed by atoms with Gasteiger partial charge in [0.1, 0.15) is 17.9 Å². The molecule has 1 aliphatic rings. The molecule has 3 aromatic heterocycles. The second-order valence-corrected chi connectivity index (χ2v) is 21.9. The topological polar surface area (TPSA) is 183 Å². The third-order valence-corrected chi connectivity index (χ3v) is 15.0. The maximum Gasteiger partial charge on any atom is 0.246 e. The van der Waals surface area contributed by atoms with Crippen molar-refractivity contribution in [2.24, 2.45) is 12.5 Å². The van der Waals surface area contributed by atoms with Crippen molar-refractivity contribution in [2.75, 3.05) is 19.6 Å². The molecule has 0 unspecified atom stereocenters. The molecule has 0 aliphatic carbocycles. The van der Waals surface area contributed by atoms with Crippen molar-refractivity contribution in [1.82, 2.24) is 45.7 Å². The second-order valence-electron chi connectivity index (χ2n) is 21.1. The van der Waals surface area contributed by atoms with Crippen LogP contribution in [0.1, 0.15) is 126 Å². The zero-order valence-electron chi connectivity index (χ0n) is 44.3. The van der Waals surface area contributed by atoms with Crippen LogP contribution in [0, 0.1) is 32.0 Å². The molecule has 1 saturated heterocycles. The third kappa shape index (κ3) is 14.1. The lowest BCUT2D eigenvalue weighted by Gasteiger charge is -2.35. The Morgan fingerprint density at radius 3 is 2.24 bits per heavy atom. The van der Waals surface area contributed by atoms with Crippen LogP contribution in [0.2, 0.25) is 0 Å². The van der Waals surface area contributed by atoms with E-state index in [0.717, 1.165) is 105 Å². The Labute approximate surface area is 439 Å². The number of hydrogen-bond donors (Lipinski definition) is 5. The van der Waals surface area contributed by atoms with E-state index in [0.29, 0.717) is 38.0 Å². The average molecular weight is 1030 g/mol. The number of nitrogens with one attached hydrogen (secondary N) is 4. The average Bonchev–Trinajstić information content (AvgIpc) is 4.08. The number of aromatic nitrogens is 4. The summed E-state index contributed by atoms with van der Waals surface area (Å²) in [6.07, 6.45) is 9.63. The Kier molecular flexibility index (Phi) is 18.9. The summed E-state index contributed by atoms with van der Waals surface area (Å²) in [6, 6.07) is 16.9. The molecule has 0 radical (unpaired) electrons. The van der Waals surface area contributed by atoms with Crippen LogP contribution in [-0.2, 0) is 32.8 Å². The number of β-amino-alcohol motifs (C(OH)–C–C–N with tert-alkyl or cyclic N) is 1. The fourth-order valence-electron chi connectivity index (χ4n) is 10.1. The van der Waals surface area contributed by atoms with Crippen LogP contribution < -0.4 is 21.3 Å². The fraction of sp³-hybridized carbons (Fsp3) is 0.466. The lowest BCUT2D eigenvalue weighted by atomic mass is 9.85. The first-order chi connectivity index (χ1) is 35.4. The summed E-state index contributed by atoms with van der Waals surface area (Å²) in [5.74, 6) is -1.20. The Morgan fingerprint density at radius 2 is 1.54 bits per heavy atom. The molecule has 4 amide bonds. The number of amides is 4. The summed E-state index contributed by atoms with van der Waals surface area (Å²) in [5, 5.41) is 24.1. The van der Waals surface area contributed by atoms with E-state index < -0.39 is 23.6 Å². The Morgan fingerprint density at radius 1 is 0.838 bits per heavy atom. The highest BCUT2D eigenvalue weighted by molar-refractivity contribution is 7.13. The number of halogens is 1. The van der Waals surface area contributed by atoms with Crippen molar-refractivity contribution in [3.8, 4) is 33.0 Å². The highest BCUT2D eigenvalue weighted by Crippen LogP contribution is 2.38. The van der Waals surface area contributed by atoms with Crippen molar-refractivity contribution in [2.45, 2.75) is 143 Å². The van der Waals surface area contributed by atoms with E-state index in [2.05, 4.69) is 57.2 Å². The van der Waals surface area contributed by atoms with E-state index in [4.69, 9.17) is 4.98 Å². The number of rotatable bonds is 23. The summed E-state index contributed by atoms with van der Waals surface area (Å²) in [4.78, 5) is 69.7. The predicted octanol–water partition coefficient (Wildman–Crippen LogP) is 9.58. The lowest BCUT2D eigenvalue weighted by molar-refractivity contribution is -0.144. The number of benzene rings is 3. The molecule has 14 nitrogen and oxygen atoms in total. The molecule has 4 heterocycles. The molecule has 1 aliphatic heterocycles. The molecular formula is C58H74FN9O5S. The van der Waals surface area contributed by atoms with Gasteiger partial charge in [0.05, 0.1) is 51.5 Å². The van der Waals surface area contributed by atoms with Gasteiger partial charge in [0.15, 0.2) is 0 Å². The van der Waals surface area contributed by atoms with Gasteiger partial charge in [-0.1, -0.05) is 82.9 Å². The van der Waals surface area contributed by atoms with Crippen molar-refractivity contribution in [3.63, 3.8) is 0 Å². The Bertz CT molecular complexity index is 2890. The quantitative estimate of drug-likeness (QED) is 0.0390. The number of carbonyl (C=O) groups is 4. The molecule has 394 valence electrons. The van der Waals surface area contributed by atoms with Crippen LogP contribution in [0.25, 0.3) is 43.9 Å². The summed E-state index contributed by atoms with van der Waals surface area (Å²) < 4.78 is 16.0. The highest BCUT2D eigenvalue weighted by Gasteiger charge is 2.44. The smallest absolute Gasteiger partial charge is 0.246 e.